The topological polar surface area (TPSA) is 12.5 Å². The first kappa shape index (κ1) is 13.9. The molecule has 0 radical (unpaired) electrons. The van der Waals surface area contributed by atoms with E-state index in [-0.39, 0.29) is 18.3 Å². The number of likely N-dealkylation sites (tertiary alicyclic amines) is 1. The van der Waals surface area contributed by atoms with E-state index in [9.17, 15) is 4.39 Å². The smallest absolute Gasteiger partial charge is 0.105 e. The van der Waals surface area contributed by atoms with E-state index in [1.807, 2.05) is 0 Å². The van der Waals surface area contributed by atoms with Crippen molar-refractivity contribution >= 4 is 0 Å². The van der Waals surface area contributed by atoms with Crippen LogP contribution in [0.5, 0.6) is 0 Å². The first-order valence-electron chi connectivity index (χ1n) is 6.44. The van der Waals surface area contributed by atoms with Gasteiger partial charge in [0.25, 0.3) is 0 Å². The van der Waals surface area contributed by atoms with Crippen LogP contribution in [0, 0.1) is 0 Å². The fraction of sp³-hybridized carbons (Fsp3) is 1.00. The summed E-state index contributed by atoms with van der Waals surface area (Å²) in [5, 5.41) is 0. The monoisotopic (exact) mass is 231 g/mol. The largest absolute Gasteiger partial charge is 0.373 e. The van der Waals surface area contributed by atoms with Crippen LogP contribution in [0.2, 0.25) is 0 Å². The lowest BCUT2D eigenvalue weighted by Gasteiger charge is -2.38. The van der Waals surface area contributed by atoms with Crippen molar-refractivity contribution < 1.29 is 9.13 Å². The first-order valence-corrected chi connectivity index (χ1v) is 6.44. The average molecular weight is 231 g/mol. The molecule has 3 heteroatoms. The van der Waals surface area contributed by atoms with Gasteiger partial charge in [-0.1, -0.05) is 6.92 Å². The molecule has 1 fully saturated rings. The standard InChI is InChI=1S/C13H26FNO/c1-5-11(10-14)15-8-6-12(7-9-15)16-13(2,3)4/h11-12H,5-10H2,1-4H3. The van der Waals surface area contributed by atoms with E-state index in [4.69, 9.17) is 4.74 Å². The molecule has 0 amide bonds. The molecule has 2 nitrogen and oxygen atoms in total. The van der Waals surface area contributed by atoms with E-state index in [1.165, 1.54) is 0 Å². The zero-order valence-corrected chi connectivity index (χ0v) is 11.1. The van der Waals surface area contributed by atoms with Crippen LogP contribution in [0.15, 0.2) is 0 Å². The molecular weight excluding hydrogens is 205 g/mol. The molecule has 0 aromatic heterocycles. The Kier molecular flexibility index (Phi) is 5.19. The number of nitrogens with zero attached hydrogens (tertiary/aromatic N) is 1. The SMILES string of the molecule is CCC(CF)N1CCC(OC(C)(C)C)CC1. The molecule has 0 aliphatic carbocycles. The highest BCUT2D eigenvalue weighted by molar-refractivity contribution is 4.79. The Morgan fingerprint density at radius 3 is 2.25 bits per heavy atom. The van der Waals surface area contributed by atoms with E-state index >= 15 is 0 Å². The zero-order valence-electron chi connectivity index (χ0n) is 11.1. The first-order chi connectivity index (χ1) is 7.46. The van der Waals surface area contributed by atoms with Crippen LogP contribution in [0.25, 0.3) is 0 Å². The summed E-state index contributed by atoms with van der Waals surface area (Å²) in [5.41, 5.74) is -0.0584. The second kappa shape index (κ2) is 5.97. The van der Waals surface area contributed by atoms with Crippen molar-refractivity contribution in [3.05, 3.63) is 0 Å². The molecule has 1 rings (SSSR count). The summed E-state index contributed by atoms with van der Waals surface area (Å²) in [5.74, 6) is 0. The number of piperidine rings is 1. The molecule has 1 atom stereocenters. The van der Waals surface area contributed by atoms with Crippen molar-refractivity contribution in [1.29, 1.82) is 0 Å². The molecule has 0 saturated carbocycles. The summed E-state index contributed by atoms with van der Waals surface area (Å²) in [7, 11) is 0. The van der Waals surface area contributed by atoms with Gasteiger partial charge in [0, 0.05) is 19.1 Å². The number of rotatable bonds is 4. The second-order valence-electron chi connectivity index (χ2n) is 5.68. The van der Waals surface area contributed by atoms with Gasteiger partial charge in [-0.2, -0.15) is 0 Å². The summed E-state index contributed by atoms with van der Waals surface area (Å²) >= 11 is 0. The summed E-state index contributed by atoms with van der Waals surface area (Å²) in [4.78, 5) is 2.27. The molecule has 0 aromatic rings. The summed E-state index contributed by atoms with van der Waals surface area (Å²) in [6, 6.07) is 0.121. The van der Waals surface area contributed by atoms with Crippen molar-refractivity contribution in [3.63, 3.8) is 0 Å². The normalized spacial score (nSPS) is 22.3. The van der Waals surface area contributed by atoms with Crippen LogP contribution in [-0.4, -0.2) is 42.4 Å². The molecule has 1 aliphatic heterocycles. The molecule has 0 bridgehead atoms. The molecule has 0 aromatic carbocycles. The average Bonchev–Trinajstić information content (AvgIpc) is 2.20. The van der Waals surface area contributed by atoms with Gasteiger partial charge in [-0.05, 0) is 40.0 Å². The van der Waals surface area contributed by atoms with Crippen molar-refractivity contribution in [1.82, 2.24) is 4.90 Å². The third-order valence-electron chi connectivity index (χ3n) is 3.16. The minimum Gasteiger partial charge on any atom is -0.373 e. The summed E-state index contributed by atoms with van der Waals surface area (Å²) in [6.45, 7) is 10.1. The second-order valence-corrected chi connectivity index (χ2v) is 5.68. The molecule has 0 N–H and O–H groups in total. The van der Waals surface area contributed by atoms with Crippen molar-refractivity contribution in [2.75, 3.05) is 19.8 Å². The van der Waals surface area contributed by atoms with Gasteiger partial charge in [0.05, 0.1) is 11.7 Å². The third-order valence-corrected chi connectivity index (χ3v) is 3.16. The Morgan fingerprint density at radius 1 is 1.31 bits per heavy atom. The molecular formula is C13H26FNO. The minimum absolute atomic E-state index is 0.0584. The van der Waals surface area contributed by atoms with Crippen LogP contribution in [0.4, 0.5) is 4.39 Å². The lowest BCUT2D eigenvalue weighted by molar-refractivity contribution is -0.0862. The number of hydrogen-bond donors (Lipinski definition) is 0. The van der Waals surface area contributed by atoms with Crippen molar-refractivity contribution in [2.45, 2.75) is 64.7 Å². The van der Waals surface area contributed by atoms with Crippen LogP contribution >= 0.6 is 0 Å². The Hall–Kier alpha value is -0.150. The summed E-state index contributed by atoms with van der Waals surface area (Å²) in [6.07, 6.45) is 3.33. The molecule has 0 spiro atoms. The van der Waals surface area contributed by atoms with E-state index in [0.717, 1.165) is 32.4 Å². The predicted molar refractivity (Wildman–Crippen MR) is 65.5 cm³/mol. The lowest BCUT2D eigenvalue weighted by atomic mass is 10.0. The van der Waals surface area contributed by atoms with Gasteiger partial charge >= 0.3 is 0 Å². The quantitative estimate of drug-likeness (QED) is 0.737. The molecule has 1 aliphatic rings. The molecule has 16 heavy (non-hydrogen) atoms. The van der Waals surface area contributed by atoms with Gasteiger partial charge in [0.15, 0.2) is 0 Å². The highest BCUT2D eigenvalue weighted by Crippen LogP contribution is 2.22. The highest BCUT2D eigenvalue weighted by atomic mass is 19.1. The van der Waals surface area contributed by atoms with Gasteiger partial charge in [-0.15, -0.1) is 0 Å². The van der Waals surface area contributed by atoms with Crippen LogP contribution < -0.4 is 0 Å². The van der Waals surface area contributed by atoms with Crippen LogP contribution in [0.3, 0.4) is 0 Å². The van der Waals surface area contributed by atoms with Gasteiger partial charge in [-0.25, -0.2) is 4.39 Å². The third kappa shape index (κ3) is 4.38. The predicted octanol–water partition coefficient (Wildman–Crippen LogP) is 3.01. The van der Waals surface area contributed by atoms with E-state index in [1.54, 1.807) is 0 Å². The number of halogens is 1. The highest BCUT2D eigenvalue weighted by Gasteiger charge is 2.27. The maximum absolute atomic E-state index is 12.7. The molecule has 1 unspecified atom stereocenters. The van der Waals surface area contributed by atoms with Gasteiger partial charge in [0.1, 0.15) is 6.67 Å². The zero-order chi connectivity index (χ0) is 12.2. The number of ether oxygens (including phenoxy) is 1. The van der Waals surface area contributed by atoms with Crippen LogP contribution in [0.1, 0.15) is 47.0 Å². The van der Waals surface area contributed by atoms with Gasteiger partial charge in [0.2, 0.25) is 0 Å². The Bertz CT molecular complexity index is 191. The van der Waals surface area contributed by atoms with Crippen LogP contribution in [-0.2, 0) is 4.74 Å². The molecule has 96 valence electrons. The fourth-order valence-electron chi connectivity index (χ4n) is 2.32. The van der Waals surface area contributed by atoms with Gasteiger partial charge < -0.3 is 4.74 Å². The maximum atomic E-state index is 12.7. The molecule has 1 heterocycles. The lowest BCUT2D eigenvalue weighted by Crippen LogP contribution is -2.45. The Balaban J connectivity index is 2.33. The molecule has 1 saturated heterocycles. The fourth-order valence-corrected chi connectivity index (χ4v) is 2.32. The minimum atomic E-state index is -0.221. The number of hydrogen-bond acceptors (Lipinski definition) is 2. The van der Waals surface area contributed by atoms with Crippen molar-refractivity contribution in [2.24, 2.45) is 0 Å². The van der Waals surface area contributed by atoms with Gasteiger partial charge in [-0.3, -0.25) is 4.90 Å². The summed E-state index contributed by atoms with van der Waals surface area (Å²) < 4.78 is 18.7. The van der Waals surface area contributed by atoms with E-state index in [0.29, 0.717) is 6.10 Å². The number of alkyl halides is 1. The maximum Gasteiger partial charge on any atom is 0.105 e. The Labute approximate surface area is 99.2 Å². The van der Waals surface area contributed by atoms with Crippen molar-refractivity contribution in [3.8, 4) is 0 Å². The Morgan fingerprint density at radius 2 is 1.88 bits per heavy atom. The van der Waals surface area contributed by atoms with E-state index in [2.05, 4.69) is 32.6 Å². The van der Waals surface area contributed by atoms with E-state index < -0.39 is 0 Å².